The van der Waals surface area contributed by atoms with Gasteiger partial charge in [-0.3, -0.25) is 4.79 Å². The van der Waals surface area contributed by atoms with Gasteiger partial charge in [0.05, 0.1) is 5.56 Å². The summed E-state index contributed by atoms with van der Waals surface area (Å²) in [6, 6.07) is 5.15. The number of carbonyl (C=O) groups is 1. The summed E-state index contributed by atoms with van der Waals surface area (Å²) in [5.74, 6) is 0.325. The molecule has 0 aliphatic rings. The third-order valence-electron chi connectivity index (χ3n) is 3.07. The van der Waals surface area contributed by atoms with E-state index in [2.05, 4.69) is 24.1 Å². The first-order chi connectivity index (χ1) is 9.29. The highest BCUT2D eigenvalue weighted by atomic mass is 16.3. The molecule has 112 valence electrons. The number of benzene rings is 1. The van der Waals surface area contributed by atoms with Crippen molar-refractivity contribution in [3.05, 3.63) is 29.3 Å². The average molecular weight is 278 g/mol. The molecule has 1 atom stereocenters. The van der Waals surface area contributed by atoms with Crippen molar-refractivity contribution < 1.29 is 9.90 Å². The van der Waals surface area contributed by atoms with Crippen molar-refractivity contribution in [2.45, 2.75) is 33.2 Å². The zero-order chi connectivity index (χ0) is 15.3. The monoisotopic (exact) mass is 278 g/mol. The molecule has 0 bridgehead atoms. The van der Waals surface area contributed by atoms with Crippen molar-refractivity contribution in [2.75, 3.05) is 20.6 Å². The van der Waals surface area contributed by atoms with Gasteiger partial charge in [0, 0.05) is 12.6 Å². The minimum Gasteiger partial charge on any atom is -0.507 e. The highest BCUT2D eigenvalue weighted by molar-refractivity contribution is 5.97. The van der Waals surface area contributed by atoms with Gasteiger partial charge in [-0.1, -0.05) is 25.5 Å². The van der Waals surface area contributed by atoms with E-state index >= 15 is 0 Å². The van der Waals surface area contributed by atoms with E-state index in [0.29, 0.717) is 11.5 Å². The Balaban J connectivity index is 2.81. The van der Waals surface area contributed by atoms with Gasteiger partial charge in [0.15, 0.2) is 0 Å². The van der Waals surface area contributed by atoms with E-state index in [1.54, 1.807) is 18.2 Å². The Morgan fingerprint density at radius 2 is 2.00 bits per heavy atom. The third kappa shape index (κ3) is 5.21. The number of phenols is 1. The molecule has 0 aliphatic carbocycles. The third-order valence-corrected chi connectivity index (χ3v) is 3.07. The molecule has 0 radical (unpaired) electrons. The van der Waals surface area contributed by atoms with Crippen LogP contribution in [0.1, 0.15) is 36.2 Å². The summed E-state index contributed by atoms with van der Waals surface area (Å²) in [5.41, 5.74) is 1.30. The number of rotatable bonds is 6. The molecular weight excluding hydrogens is 252 g/mol. The van der Waals surface area contributed by atoms with E-state index in [0.717, 1.165) is 18.5 Å². The van der Waals surface area contributed by atoms with E-state index in [9.17, 15) is 9.90 Å². The summed E-state index contributed by atoms with van der Waals surface area (Å²) in [6.45, 7) is 6.97. The Kier molecular flexibility index (Phi) is 6.02. The molecule has 0 saturated heterocycles. The lowest BCUT2D eigenvalue weighted by molar-refractivity contribution is 0.0922. The summed E-state index contributed by atoms with van der Waals surface area (Å²) in [4.78, 5) is 14.4. The summed E-state index contributed by atoms with van der Waals surface area (Å²) in [6.07, 6.45) is 0.913. The highest BCUT2D eigenvalue weighted by Crippen LogP contribution is 2.18. The number of hydrogen-bond donors (Lipinski definition) is 2. The zero-order valence-electron chi connectivity index (χ0n) is 13.1. The quantitative estimate of drug-likeness (QED) is 0.840. The van der Waals surface area contributed by atoms with Gasteiger partial charge in [-0.2, -0.15) is 0 Å². The van der Waals surface area contributed by atoms with Crippen molar-refractivity contribution in [3.8, 4) is 5.75 Å². The smallest absolute Gasteiger partial charge is 0.255 e. The van der Waals surface area contributed by atoms with Gasteiger partial charge in [0.25, 0.3) is 5.91 Å². The largest absolute Gasteiger partial charge is 0.507 e. The number of aromatic hydroxyl groups is 1. The minimum absolute atomic E-state index is 0.0289. The molecule has 4 heteroatoms. The van der Waals surface area contributed by atoms with Crippen LogP contribution in [0.3, 0.4) is 0 Å². The second-order valence-corrected chi connectivity index (χ2v) is 6.08. The maximum atomic E-state index is 12.3. The van der Waals surface area contributed by atoms with Crippen LogP contribution in [0, 0.1) is 12.8 Å². The normalized spacial score (nSPS) is 12.8. The molecule has 1 amide bonds. The summed E-state index contributed by atoms with van der Waals surface area (Å²) in [5, 5.41) is 12.8. The molecule has 0 aliphatic heterocycles. The van der Waals surface area contributed by atoms with Crippen LogP contribution in [0.15, 0.2) is 18.2 Å². The first kappa shape index (κ1) is 16.5. The van der Waals surface area contributed by atoms with Gasteiger partial charge < -0.3 is 15.3 Å². The SMILES string of the molecule is Cc1ccc(O)c(C(=O)NC(CC(C)C)CN(C)C)c1. The van der Waals surface area contributed by atoms with Crippen LogP contribution in [-0.4, -0.2) is 42.6 Å². The summed E-state index contributed by atoms with van der Waals surface area (Å²) < 4.78 is 0. The van der Waals surface area contributed by atoms with E-state index < -0.39 is 0 Å². The number of amides is 1. The molecule has 0 spiro atoms. The van der Waals surface area contributed by atoms with Crippen LogP contribution in [0.2, 0.25) is 0 Å². The average Bonchev–Trinajstić information content (AvgIpc) is 2.30. The lowest BCUT2D eigenvalue weighted by Crippen LogP contribution is -2.42. The van der Waals surface area contributed by atoms with Gasteiger partial charge in [0.1, 0.15) is 5.75 Å². The zero-order valence-corrected chi connectivity index (χ0v) is 13.1. The van der Waals surface area contributed by atoms with E-state index in [1.165, 1.54) is 0 Å². The lowest BCUT2D eigenvalue weighted by atomic mass is 10.0. The van der Waals surface area contributed by atoms with Crippen LogP contribution in [0.5, 0.6) is 5.75 Å². The van der Waals surface area contributed by atoms with Gasteiger partial charge in [-0.15, -0.1) is 0 Å². The van der Waals surface area contributed by atoms with E-state index in [-0.39, 0.29) is 17.7 Å². The summed E-state index contributed by atoms with van der Waals surface area (Å²) in [7, 11) is 3.98. The molecule has 2 N–H and O–H groups in total. The first-order valence-electron chi connectivity index (χ1n) is 7.04. The maximum absolute atomic E-state index is 12.3. The fraction of sp³-hybridized carbons (Fsp3) is 0.562. The molecule has 1 unspecified atom stereocenters. The van der Waals surface area contributed by atoms with Crippen molar-refractivity contribution in [2.24, 2.45) is 5.92 Å². The topological polar surface area (TPSA) is 52.6 Å². The Morgan fingerprint density at radius 3 is 2.55 bits per heavy atom. The second-order valence-electron chi connectivity index (χ2n) is 6.08. The lowest BCUT2D eigenvalue weighted by Gasteiger charge is -2.24. The number of likely N-dealkylation sites (N-methyl/N-ethyl adjacent to an activating group) is 1. The first-order valence-corrected chi connectivity index (χ1v) is 7.04. The fourth-order valence-electron chi connectivity index (χ4n) is 2.28. The second kappa shape index (κ2) is 7.29. The molecule has 0 saturated carbocycles. The molecule has 4 nitrogen and oxygen atoms in total. The van der Waals surface area contributed by atoms with Crippen molar-refractivity contribution in [1.82, 2.24) is 10.2 Å². The predicted molar refractivity (Wildman–Crippen MR) is 82.1 cm³/mol. The molecule has 20 heavy (non-hydrogen) atoms. The number of nitrogens with zero attached hydrogens (tertiary/aromatic N) is 1. The van der Waals surface area contributed by atoms with Crippen LogP contribution < -0.4 is 5.32 Å². The molecule has 0 heterocycles. The number of hydrogen-bond acceptors (Lipinski definition) is 3. The Bertz CT molecular complexity index is 446. The predicted octanol–water partition coefficient (Wildman–Crippen LogP) is 2.41. The molecular formula is C16H26N2O2. The van der Waals surface area contributed by atoms with Crippen LogP contribution >= 0.6 is 0 Å². The Hall–Kier alpha value is -1.55. The number of aryl methyl sites for hydroxylation is 1. The van der Waals surface area contributed by atoms with Crippen LogP contribution in [0.25, 0.3) is 0 Å². The van der Waals surface area contributed by atoms with E-state index in [4.69, 9.17) is 0 Å². The van der Waals surface area contributed by atoms with Gasteiger partial charge >= 0.3 is 0 Å². The standard InChI is InChI=1S/C16H26N2O2/c1-11(2)8-13(10-18(4)5)17-16(20)14-9-12(3)6-7-15(14)19/h6-7,9,11,13,19H,8,10H2,1-5H3,(H,17,20). The molecule has 0 fully saturated rings. The molecule has 1 rings (SSSR count). The van der Waals surface area contributed by atoms with Crippen molar-refractivity contribution >= 4 is 5.91 Å². The van der Waals surface area contributed by atoms with Gasteiger partial charge in [-0.05, 0) is 45.5 Å². The highest BCUT2D eigenvalue weighted by Gasteiger charge is 2.18. The summed E-state index contributed by atoms with van der Waals surface area (Å²) >= 11 is 0. The molecule has 1 aromatic rings. The van der Waals surface area contributed by atoms with Crippen molar-refractivity contribution in [1.29, 1.82) is 0 Å². The fourth-order valence-corrected chi connectivity index (χ4v) is 2.28. The minimum atomic E-state index is -0.210. The maximum Gasteiger partial charge on any atom is 0.255 e. The van der Waals surface area contributed by atoms with Gasteiger partial charge in [-0.25, -0.2) is 0 Å². The van der Waals surface area contributed by atoms with Crippen molar-refractivity contribution in [3.63, 3.8) is 0 Å². The molecule has 1 aromatic carbocycles. The van der Waals surface area contributed by atoms with E-state index in [1.807, 2.05) is 21.0 Å². The number of phenolic OH excluding ortho intramolecular Hbond substituents is 1. The Labute approximate surface area is 121 Å². The number of nitrogens with one attached hydrogen (secondary N) is 1. The van der Waals surface area contributed by atoms with Crippen LogP contribution in [0.4, 0.5) is 0 Å². The van der Waals surface area contributed by atoms with Crippen LogP contribution in [-0.2, 0) is 0 Å². The Morgan fingerprint density at radius 1 is 1.35 bits per heavy atom. The van der Waals surface area contributed by atoms with Gasteiger partial charge in [0.2, 0.25) is 0 Å². The number of carbonyl (C=O) groups excluding carboxylic acids is 1. The molecule has 0 aromatic heterocycles.